The molecule has 0 saturated heterocycles. The van der Waals surface area contributed by atoms with Gasteiger partial charge >= 0.3 is 0 Å². The summed E-state index contributed by atoms with van der Waals surface area (Å²) in [6.07, 6.45) is 4.95. The van der Waals surface area contributed by atoms with Crippen molar-refractivity contribution < 1.29 is 0 Å². The summed E-state index contributed by atoms with van der Waals surface area (Å²) in [5, 5.41) is 1.43. The van der Waals surface area contributed by atoms with Crippen LogP contribution in [0.3, 0.4) is 0 Å². The van der Waals surface area contributed by atoms with Crippen LogP contribution in [-0.2, 0) is 0 Å². The van der Waals surface area contributed by atoms with Crippen molar-refractivity contribution in [3.8, 4) is 0 Å². The standard InChI is InChI=1S/C15H22Cl2N2/c1-15(2)8-4-3-5-12(15)14(19-18)11-9-10(16)6-7-13(11)17/h6-7,9,12,14,19H,3-5,8,18H2,1-2H3. The van der Waals surface area contributed by atoms with Gasteiger partial charge in [0.25, 0.3) is 0 Å². The van der Waals surface area contributed by atoms with Crippen molar-refractivity contribution in [3.63, 3.8) is 0 Å². The van der Waals surface area contributed by atoms with Gasteiger partial charge in [-0.15, -0.1) is 0 Å². The van der Waals surface area contributed by atoms with Crippen molar-refractivity contribution in [1.29, 1.82) is 0 Å². The third-order valence-corrected chi connectivity index (χ3v) is 5.04. The normalized spacial score (nSPS) is 24.2. The maximum atomic E-state index is 6.33. The molecule has 2 unspecified atom stereocenters. The Labute approximate surface area is 125 Å². The van der Waals surface area contributed by atoms with Gasteiger partial charge in [-0.1, -0.05) is 49.9 Å². The first-order valence-electron chi connectivity index (χ1n) is 6.87. The number of nitrogens with one attached hydrogen (secondary N) is 1. The van der Waals surface area contributed by atoms with Gasteiger partial charge in [0.05, 0.1) is 6.04 Å². The van der Waals surface area contributed by atoms with E-state index in [4.69, 9.17) is 29.0 Å². The molecule has 0 bridgehead atoms. The second kappa shape index (κ2) is 6.01. The van der Waals surface area contributed by atoms with Crippen LogP contribution < -0.4 is 11.3 Å². The lowest BCUT2D eigenvalue weighted by Crippen LogP contribution is -2.41. The molecule has 0 heterocycles. The van der Waals surface area contributed by atoms with E-state index in [1.807, 2.05) is 18.2 Å². The van der Waals surface area contributed by atoms with E-state index in [0.29, 0.717) is 10.9 Å². The van der Waals surface area contributed by atoms with Crippen LogP contribution in [0.1, 0.15) is 51.1 Å². The molecule has 106 valence electrons. The van der Waals surface area contributed by atoms with Gasteiger partial charge in [-0.25, -0.2) is 0 Å². The van der Waals surface area contributed by atoms with Crippen LogP contribution in [-0.4, -0.2) is 0 Å². The molecule has 1 aliphatic rings. The molecule has 1 aromatic carbocycles. The van der Waals surface area contributed by atoms with E-state index in [9.17, 15) is 0 Å². The van der Waals surface area contributed by atoms with Gasteiger partial charge in [-0.2, -0.15) is 0 Å². The van der Waals surface area contributed by atoms with E-state index in [-0.39, 0.29) is 11.5 Å². The van der Waals surface area contributed by atoms with Gasteiger partial charge in [0.1, 0.15) is 0 Å². The lowest BCUT2D eigenvalue weighted by Gasteiger charge is -2.43. The number of hydrogen-bond donors (Lipinski definition) is 2. The summed E-state index contributed by atoms with van der Waals surface area (Å²) in [5.74, 6) is 6.30. The van der Waals surface area contributed by atoms with E-state index >= 15 is 0 Å². The predicted molar refractivity (Wildman–Crippen MR) is 82.3 cm³/mol. The molecule has 0 spiro atoms. The van der Waals surface area contributed by atoms with Crippen LogP contribution >= 0.6 is 23.2 Å². The highest BCUT2D eigenvalue weighted by molar-refractivity contribution is 6.33. The van der Waals surface area contributed by atoms with Crippen molar-refractivity contribution in [2.45, 2.75) is 45.6 Å². The van der Waals surface area contributed by atoms with E-state index < -0.39 is 0 Å². The quantitative estimate of drug-likeness (QED) is 0.626. The molecule has 2 rings (SSSR count). The van der Waals surface area contributed by atoms with Crippen molar-refractivity contribution in [3.05, 3.63) is 33.8 Å². The van der Waals surface area contributed by atoms with E-state index in [0.717, 1.165) is 10.6 Å². The first-order chi connectivity index (χ1) is 8.95. The Morgan fingerprint density at radius 3 is 2.68 bits per heavy atom. The lowest BCUT2D eigenvalue weighted by molar-refractivity contribution is 0.0983. The Bertz CT molecular complexity index is 446. The molecular formula is C15H22Cl2N2. The number of nitrogens with two attached hydrogens (primary N) is 1. The zero-order chi connectivity index (χ0) is 14.0. The molecule has 1 fully saturated rings. The van der Waals surface area contributed by atoms with Crippen LogP contribution in [0.5, 0.6) is 0 Å². The van der Waals surface area contributed by atoms with E-state index in [1.54, 1.807) is 0 Å². The Kier molecular flexibility index (Phi) is 4.78. The van der Waals surface area contributed by atoms with Crippen LogP contribution in [0.2, 0.25) is 10.0 Å². The average Bonchev–Trinajstić information content (AvgIpc) is 2.36. The number of hydrogen-bond acceptors (Lipinski definition) is 2. The lowest BCUT2D eigenvalue weighted by atomic mass is 9.65. The molecule has 0 aliphatic heterocycles. The smallest absolute Gasteiger partial charge is 0.0508 e. The zero-order valence-electron chi connectivity index (χ0n) is 11.5. The molecule has 4 heteroatoms. The molecule has 2 atom stereocenters. The first kappa shape index (κ1) is 15.1. The molecular weight excluding hydrogens is 279 g/mol. The van der Waals surface area contributed by atoms with Gasteiger partial charge in [0, 0.05) is 10.0 Å². The molecule has 19 heavy (non-hydrogen) atoms. The van der Waals surface area contributed by atoms with Crippen LogP contribution in [0.4, 0.5) is 0 Å². The molecule has 0 aromatic heterocycles. The summed E-state index contributed by atoms with van der Waals surface area (Å²) in [7, 11) is 0. The number of hydrazine groups is 1. The van der Waals surface area contributed by atoms with Crippen molar-refractivity contribution >= 4 is 23.2 Å². The maximum Gasteiger partial charge on any atom is 0.0508 e. The van der Waals surface area contributed by atoms with E-state index in [1.165, 1.54) is 25.7 Å². The Hall–Kier alpha value is -0.280. The summed E-state index contributed by atoms with van der Waals surface area (Å²) in [5.41, 5.74) is 4.24. The van der Waals surface area contributed by atoms with Crippen molar-refractivity contribution in [2.24, 2.45) is 17.2 Å². The SMILES string of the molecule is CC1(C)CCCCC1C(NN)c1cc(Cl)ccc1Cl. The zero-order valence-corrected chi connectivity index (χ0v) is 13.1. The molecule has 1 aromatic rings. The van der Waals surface area contributed by atoms with Crippen LogP contribution in [0.15, 0.2) is 18.2 Å². The minimum atomic E-state index is 0.0569. The molecule has 2 nitrogen and oxygen atoms in total. The number of rotatable bonds is 3. The summed E-state index contributed by atoms with van der Waals surface area (Å²) < 4.78 is 0. The summed E-state index contributed by atoms with van der Waals surface area (Å²) in [6, 6.07) is 5.65. The largest absolute Gasteiger partial charge is 0.271 e. The second-order valence-electron chi connectivity index (χ2n) is 6.15. The van der Waals surface area contributed by atoms with Gasteiger partial charge in [0.15, 0.2) is 0 Å². The number of benzene rings is 1. The molecule has 0 radical (unpaired) electrons. The van der Waals surface area contributed by atoms with Gasteiger partial charge < -0.3 is 0 Å². The first-order valence-corrected chi connectivity index (χ1v) is 7.62. The molecule has 3 N–H and O–H groups in total. The predicted octanol–water partition coefficient (Wildman–Crippen LogP) is 4.71. The Morgan fingerprint density at radius 1 is 1.32 bits per heavy atom. The third-order valence-electron chi connectivity index (χ3n) is 4.47. The molecule has 0 amide bonds. The fourth-order valence-electron chi connectivity index (χ4n) is 3.31. The van der Waals surface area contributed by atoms with Crippen LogP contribution in [0, 0.1) is 11.3 Å². The van der Waals surface area contributed by atoms with Crippen LogP contribution in [0.25, 0.3) is 0 Å². The fourth-order valence-corrected chi connectivity index (χ4v) is 3.73. The summed E-state index contributed by atoms with van der Waals surface area (Å²) >= 11 is 12.4. The second-order valence-corrected chi connectivity index (χ2v) is 6.99. The van der Waals surface area contributed by atoms with Gasteiger partial charge in [-0.3, -0.25) is 11.3 Å². The van der Waals surface area contributed by atoms with Crippen molar-refractivity contribution in [1.82, 2.24) is 5.43 Å². The molecule has 1 aliphatic carbocycles. The minimum Gasteiger partial charge on any atom is -0.271 e. The highest BCUT2D eigenvalue weighted by Crippen LogP contribution is 2.47. The highest BCUT2D eigenvalue weighted by atomic mass is 35.5. The fraction of sp³-hybridized carbons (Fsp3) is 0.600. The van der Waals surface area contributed by atoms with Crippen molar-refractivity contribution in [2.75, 3.05) is 0 Å². The minimum absolute atomic E-state index is 0.0569. The highest BCUT2D eigenvalue weighted by Gasteiger charge is 2.38. The van der Waals surface area contributed by atoms with Gasteiger partial charge in [-0.05, 0) is 47.9 Å². The monoisotopic (exact) mass is 300 g/mol. The average molecular weight is 301 g/mol. The Balaban J connectivity index is 2.35. The van der Waals surface area contributed by atoms with E-state index in [2.05, 4.69) is 19.3 Å². The maximum absolute atomic E-state index is 6.33. The summed E-state index contributed by atoms with van der Waals surface area (Å²) in [4.78, 5) is 0. The molecule has 1 saturated carbocycles. The summed E-state index contributed by atoms with van der Waals surface area (Å²) in [6.45, 7) is 4.64. The topological polar surface area (TPSA) is 38.0 Å². The van der Waals surface area contributed by atoms with Gasteiger partial charge in [0.2, 0.25) is 0 Å². The third kappa shape index (κ3) is 3.25. The Morgan fingerprint density at radius 2 is 2.05 bits per heavy atom. The number of halogens is 2.